The third kappa shape index (κ3) is 4.80. The largest absolute Gasteiger partial charge is 0.396 e. The van der Waals surface area contributed by atoms with Gasteiger partial charge < -0.3 is 21.1 Å². The first-order chi connectivity index (χ1) is 9.10. The third-order valence-corrected chi connectivity index (χ3v) is 3.57. The molecule has 110 valence electrons. The maximum atomic E-state index is 11.9. The molecule has 1 heterocycles. The lowest BCUT2D eigenvalue weighted by Gasteiger charge is -2.32. The van der Waals surface area contributed by atoms with Crippen LogP contribution in [-0.4, -0.2) is 54.1 Å². The maximum absolute atomic E-state index is 11.9. The monoisotopic (exact) mass is 271 g/mol. The molecule has 0 aromatic rings. The van der Waals surface area contributed by atoms with Gasteiger partial charge in [0.2, 0.25) is 11.8 Å². The van der Waals surface area contributed by atoms with Crippen molar-refractivity contribution in [1.29, 1.82) is 0 Å². The number of amides is 2. The lowest BCUT2D eigenvalue weighted by atomic mass is 9.95. The number of carbonyl (C=O) groups excluding carboxylic acids is 2. The zero-order valence-corrected chi connectivity index (χ0v) is 11.6. The normalized spacial score (nSPS) is 18.2. The number of carbonyl (C=O) groups is 2. The fourth-order valence-corrected chi connectivity index (χ4v) is 2.21. The molecule has 1 saturated heterocycles. The smallest absolute Gasteiger partial charge is 0.239 e. The van der Waals surface area contributed by atoms with Gasteiger partial charge >= 0.3 is 0 Å². The van der Waals surface area contributed by atoms with Gasteiger partial charge in [-0.1, -0.05) is 6.92 Å². The molecule has 1 fully saturated rings. The predicted molar refractivity (Wildman–Crippen MR) is 72.3 cm³/mol. The summed E-state index contributed by atoms with van der Waals surface area (Å²) < 4.78 is 0. The lowest BCUT2D eigenvalue weighted by molar-refractivity contribution is -0.136. The molecule has 6 heteroatoms. The number of nitrogens with zero attached hydrogens (tertiary/aromatic N) is 1. The summed E-state index contributed by atoms with van der Waals surface area (Å²) in [5, 5.41) is 11.5. The number of aliphatic hydroxyl groups excluding tert-OH is 1. The molecule has 1 rings (SSSR count). The van der Waals surface area contributed by atoms with Crippen LogP contribution < -0.4 is 11.1 Å². The molecule has 0 spiro atoms. The first-order valence-corrected chi connectivity index (χ1v) is 7.03. The standard InChI is InChI=1S/C13H25N3O3/c1-2-11(14)13(19)16-7-4-10(5-8-16)12(18)15-6-3-9-17/h10-11,17H,2-9,14H2,1H3,(H,15,18)/t11-/m1/s1. The van der Waals surface area contributed by atoms with Crippen LogP contribution in [0.25, 0.3) is 0 Å². The van der Waals surface area contributed by atoms with Gasteiger partial charge in [0.25, 0.3) is 0 Å². The molecule has 6 nitrogen and oxygen atoms in total. The zero-order valence-electron chi connectivity index (χ0n) is 11.6. The molecular weight excluding hydrogens is 246 g/mol. The molecule has 0 saturated carbocycles. The SMILES string of the molecule is CC[C@@H](N)C(=O)N1CCC(C(=O)NCCCO)CC1. The van der Waals surface area contributed by atoms with Gasteiger partial charge in [-0.05, 0) is 25.7 Å². The number of aliphatic hydroxyl groups is 1. The molecule has 1 aliphatic rings. The molecule has 19 heavy (non-hydrogen) atoms. The molecule has 1 atom stereocenters. The van der Waals surface area contributed by atoms with E-state index in [-0.39, 0.29) is 24.3 Å². The van der Waals surface area contributed by atoms with Crippen molar-refractivity contribution in [3.63, 3.8) is 0 Å². The van der Waals surface area contributed by atoms with Crippen LogP contribution in [0, 0.1) is 5.92 Å². The number of hydrogen-bond donors (Lipinski definition) is 3. The Balaban J connectivity index is 2.32. The molecule has 0 aromatic carbocycles. The van der Waals surface area contributed by atoms with E-state index in [0.717, 1.165) is 0 Å². The minimum Gasteiger partial charge on any atom is -0.396 e. The summed E-state index contributed by atoms with van der Waals surface area (Å²) in [5.41, 5.74) is 5.73. The Kier molecular flexibility index (Phi) is 6.80. The number of likely N-dealkylation sites (tertiary alicyclic amines) is 1. The number of rotatable bonds is 6. The fraction of sp³-hybridized carbons (Fsp3) is 0.846. The second-order valence-corrected chi connectivity index (χ2v) is 4.98. The van der Waals surface area contributed by atoms with E-state index < -0.39 is 6.04 Å². The van der Waals surface area contributed by atoms with Crippen molar-refractivity contribution in [2.24, 2.45) is 11.7 Å². The van der Waals surface area contributed by atoms with E-state index in [2.05, 4.69) is 5.32 Å². The Hall–Kier alpha value is -1.14. The fourth-order valence-electron chi connectivity index (χ4n) is 2.21. The Morgan fingerprint density at radius 1 is 1.42 bits per heavy atom. The second-order valence-electron chi connectivity index (χ2n) is 4.98. The highest BCUT2D eigenvalue weighted by Gasteiger charge is 2.28. The minimum absolute atomic E-state index is 0.0124. The Morgan fingerprint density at radius 3 is 2.58 bits per heavy atom. The summed E-state index contributed by atoms with van der Waals surface area (Å²) in [6.45, 7) is 3.69. The van der Waals surface area contributed by atoms with Crippen molar-refractivity contribution < 1.29 is 14.7 Å². The molecule has 4 N–H and O–H groups in total. The van der Waals surface area contributed by atoms with Gasteiger partial charge in [-0.2, -0.15) is 0 Å². The molecule has 0 aromatic heterocycles. The summed E-state index contributed by atoms with van der Waals surface area (Å²) >= 11 is 0. The Bertz CT molecular complexity index is 302. The number of piperidine rings is 1. The van der Waals surface area contributed by atoms with Crippen molar-refractivity contribution in [3.8, 4) is 0 Å². The first-order valence-electron chi connectivity index (χ1n) is 7.03. The average Bonchev–Trinajstić information content (AvgIpc) is 2.46. The van der Waals surface area contributed by atoms with Crippen molar-refractivity contribution >= 4 is 11.8 Å². The highest BCUT2D eigenvalue weighted by molar-refractivity contribution is 5.82. The topological polar surface area (TPSA) is 95.7 Å². The average molecular weight is 271 g/mol. The van der Waals surface area contributed by atoms with Crippen LogP contribution >= 0.6 is 0 Å². The van der Waals surface area contributed by atoms with Gasteiger partial charge in [0.15, 0.2) is 0 Å². The van der Waals surface area contributed by atoms with Crippen LogP contribution in [0.1, 0.15) is 32.6 Å². The van der Waals surface area contributed by atoms with Gasteiger partial charge in [0.1, 0.15) is 0 Å². The highest BCUT2D eigenvalue weighted by Crippen LogP contribution is 2.18. The van der Waals surface area contributed by atoms with Gasteiger partial charge in [-0.3, -0.25) is 9.59 Å². The van der Waals surface area contributed by atoms with E-state index in [4.69, 9.17) is 10.8 Å². The van der Waals surface area contributed by atoms with E-state index in [1.165, 1.54) is 0 Å². The second kappa shape index (κ2) is 8.12. The summed E-state index contributed by atoms with van der Waals surface area (Å²) in [6.07, 6.45) is 2.59. The molecule has 2 amide bonds. The summed E-state index contributed by atoms with van der Waals surface area (Å²) in [7, 11) is 0. The van der Waals surface area contributed by atoms with E-state index in [0.29, 0.717) is 45.3 Å². The summed E-state index contributed by atoms with van der Waals surface area (Å²) in [5.74, 6) is -0.0115. The van der Waals surface area contributed by atoms with E-state index in [9.17, 15) is 9.59 Å². The van der Waals surface area contributed by atoms with E-state index in [1.807, 2.05) is 6.92 Å². The molecule has 0 aliphatic carbocycles. The quantitative estimate of drug-likeness (QED) is 0.565. The van der Waals surface area contributed by atoms with Crippen molar-refractivity contribution in [1.82, 2.24) is 10.2 Å². The van der Waals surface area contributed by atoms with E-state index >= 15 is 0 Å². The van der Waals surface area contributed by atoms with Crippen LogP contribution in [0.15, 0.2) is 0 Å². The molecule has 0 bridgehead atoms. The lowest BCUT2D eigenvalue weighted by Crippen LogP contribution is -2.48. The zero-order chi connectivity index (χ0) is 14.3. The molecule has 0 radical (unpaired) electrons. The number of hydrogen-bond acceptors (Lipinski definition) is 4. The van der Waals surface area contributed by atoms with Crippen LogP contribution in [0.4, 0.5) is 0 Å². The van der Waals surface area contributed by atoms with Crippen molar-refractivity contribution in [3.05, 3.63) is 0 Å². The number of nitrogens with two attached hydrogens (primary N) is 1. The maximum Gasteiger partial charge on any atom is 0.239 e. The first kappa shape index (κ1) is 15.9. The number of nitrogens with one attached hydrogen (secondary N) is 1. The van der Waals surface area contributed by atoms with Gasteiger partial charge in [0.05, 0.1) is 6.04 Å². The van der Waals surface area contributed by atoms with Crippen LogP contribution in [0.3, 0.4) is 0 Å². The molecular formula is C13H25N3O3. The summed E-state index contributed by atoms with van der Waals surface area (Å²) in [4.78, 5) is 25.5. The predicted octanol–water partition coefficient (Wildman–Crippen LogP) is -0.539. The van der Waals surface area contributed by atoms with Crippen molar-refractivity contribution in [2.45, 2.75) is 38.6 Å². The highest BCUT2D eigenvalue weighted by atomic mass is 16.3. The van der Waals surface area contributed by atoms with Crippen LogP contribution in [0.5, 0.6) is 0 Å². The van der Waals surface area contributed by atoms with Gasteiger partial charge in [-0.15, -0.1) is 0 Å². The molecule has 1 aliphatic heterocycles. The van der Waals surface area contributed by atoms with Gasteiger partial charge in [-0.25, -0.2) is 0 Å². The van der Waals surface area contributed by atoms with Crippen LogP contribution in [0.2, 0.25) is 0 Å². The van der Waals surface area contributed by atoms with E-state index in [1.54, 1.807) is 4.90 Å². The summed E-state index contributed by atoms with van der Waals surface area (Å²) in [6, 6.07) is -0.421. The van der Waals surface area contributed by atoms with Crippen molar-refractivity contribution in [2.75, 3.05) is 26.2 Å². The Labute approximate surface area is 114 Å². The molecule has 0 unspecified atom stereocenters. The third-order valence-electron chi connectivity index (χ3n) is 3.57. The van der Waals surface area contributed by atoms with Crippen LogP contribution in [-0.2, 0) is 9.59 Å². The van der Waals surface area contributed by atoms with Gasteiger partial charge in [0, 0.05) is 32.2 Å². The minimum atomic E-state index is -0.421. The Morgan fingerprint density at radius 2 is 2.05 bits per heavy atom.